The lowest BCUT2D eigenvalue weighted by atomic mass is 9.56. The van der Waals surface area contributed by atoms with Crippen molar-refractivity contribution < 1.29 is 38.5 Å². The molecule has 1 saturated carbocycles. The first kappa shape index (κ1) is 36.1. The summed E-state index contributed by atoms with van der Waals surface area (Å²) < 4.78 is 14.0. The molecule has 14 nitrogen and oxygen atoms in total. The number of nitrogens with zero attached hydrogens (tertiary/aromatic N) is 5. The van der Waals surface area contributed by atoms with E-state index in [2.05, 4.69) is 0 Å². The van der Waals surface area contributed by atoms with Gasteiger partial charge in [0.25, 0.3) is 11.8 Å². The van der Waals surface area contributed by atoms with Gasteiger partial charge in [0, 0.05) is 43.1 Å². The lowest BCUT2D eigenvalue weighted by Gasteiger charge is -2.50. The number of nitro groups is 2. The summed E-state index contributed by atoms with van der Waals surface area (Å²) in [6.07, 6.45) is 1.11. The number of amides is 4. The van der Waals surface area contributed by atoms with Crippen LogP contribution in [-0.4, -0.2) is 62.4 Å². The summed E-state index contributed by atoms with van der Waals surface area (Å²) in [5.41, 5.74) is -1.72. The van der Waals surface area contributed by atoms with Gasteiger partial charge in [-0.25, -0.2) is 14.2 Å². The van der Waals surface area contributed by atoms with Crippen LogP contribution in [0.3, 0.4) is 0 Å². The molecule has 0 unspecified atom stereocenters. The number of phenols is 1. The standard InChI is InChI=1S/C38H28Cl2FN5O9/c1-42(2)31-27(45(52)53)15-21(16-28(31)46(54)55)43-33(48)24-14-13-23-26(29(24)34(43)49)17-37(39)35(50)44(20-10-8-19(41)9-11-20)36(51)38(37,40)30(23)25-12-7-18-5-3-4-6-22(18)32(25)47/h3-13,15-16,24,26,29-30,47H,14,17H2,1-2H3/t24-,26+,29-,30+,37+,38-/m0/s1. The first-order chi connectivity index (χ1) is 26.0. The van der Waals surface area contributed by atoms with Crippen LogP contribution in [0.25, 0.3) is 10.8 Å². The number of rotatable bonds is 6. The maximum absolute atomic E-state index is 14.7. The molecule has 6 atom stereocenters. The fourth-order valence-electron chi connectivity index (χ4n) is 8.96. The molecule has 1 N–H and O–H groups in total. The van der Waals surface area contributed by atoms with Gasteiger partial charge in [-0.3, -0.25) is 39.4 Å². The molecule has 0 aromatic heterocycles. The van der Waals surface area contributed by atoms with Crippen LogP contribution in [0.4, 0.5) is 32.8 Å². The van der Waals surface area contributed by atoms with Crippen LogP contribution >= 0.6 is 23.2 Å². The van der Waals surface area contributed by atoms with Crippen molar-refractivity contribution in [1.82, 2.24) is 0 Å². The Hall–Kier alpha value is -5.93. The van der Waals surface area contributed by atoms with Gasteiger partial charge in [-0.1, -0.05) is 48.0 Å². The molecule has 2 aliphatic carbocycles. The van der Waals surface area contributed by atoms with Crippen molar-refractivity contribution in [2.75, 3.05) is 28.8 Å². The minimum absolute atomic E-state index is 0.0233. The highest BCUT2D eigenvalue weighted by Crippen LogP contribution is 2.67. The van der Waals surface area contributed by atoms with Crippen molar-refractivity contribution >= 4 is 86.0 Å². The Labute approximate surface area is 320 Å². The third-order valence-electron chi connectivity index (χ3n) is 11.3. The zero-order valence-electron chi connectivity index (χ0n) is 28.8. The van der Waals surface area contributed by atoms with Crippen LogP contribution in [0.15, 0.2) is 84.4 Å². The smallest absolute Gasteiger partial charge is 0.301 e. The number of halogens is 3. The van der Waals surface area contributed by atoms with Gasteiger partial charge in [-0.2, -0.15) is 0 Å². The number of benzene rings is 4. The number of carbonyl (C=O) groups is 4. The molecule has 2 aliphatic heterocycles. The highest BCUT2D eigenvalue weighted by Gasteiger charge is 2.77. The molecular formula is C38H28Cl2FN5O9. The fourth-order valence-corrected chi connectivity index (χ4v) is 9.89. The number of nitro benzene ring substituents is 2. The number of hydrogen-bond donors (Lipinski definition) is 1. The van der Waals surface area contributed by atoms with Gasteiger partial charge < -0.3 is 10.0 Å². The predicted molar refractivity (Wildman–Crippen MR) is 199 cm³/mol. The van der Waals surface area contributed by atoms with Gasteiger partial charge >= 0.3 is 11.4 Å². The lowest BCUT2D eigenvalue weighted by Crippen LogP contribution is -2.60. The number of fused-ring (bicyclic) bond motifs is 5. The highest BCUT2D eigenvalue weighted by molar-refractivity contribution is 6.58. The lowest BCUT2D eigenvalue weighted by molar-refractivity contribution is -0.392. The van der Waals surface area contributed by atoms with Crippen LogP contribution < -0.4 is 14.7 Å². The van der Waals surface area contributed by atoms with Crippen LogP contribution in [0, 0.1) is 43.8 Å². The van der Waals surface area contributed by atoms with E-state index >= 15 is 0 Å². The van der Waals surface area contributed by atoms with E-state index in [1.807, 2.05) is 0 Å². The van der Waals surface area contributed by atoms with Crippen LogP contribution in [0.5, 0.6) is 5.75 Å². The third kappa shape index (κ3) is 4.85. The molecule has 0 bridgehead atoms. The van der Waals surface area contributed by atoms with Crippen molar-refractivity contribution in [2.24, 2.45) is 17.8 Å². The van der Waals surface area contributed by atoms with Crippen molar-refractivity contribution in [3.8, 4) is 5.75 Å². The Kier molecular flexibility index (Phi) is 8.06. The molecule has 4 aromatic carbocycles. The number of allylic oxidation sites excluding steroid dienone is 2. The van der Waals surface area contributed by atoms with E-state index in [0.29, 0.717) is 21.2 Å². The van der Waals surface area contributed by atoms with Crippen LogP contribution in [0.2, 0.25) is 0 Å². The Morgan fingerprint density at radius 1 is 0.836 bits per heavy atom. The molecule has 4 aliphatic rings. The third-order valence-corrected chi connectivity index (χ3v) is 12.7. The number of carbonyl (C=O) groups excluding carboxylic acids is 4. The summed E-state index contributed by atoms with van der Waals surface area (Å²) in [6, 6.07) is 16.5. The number of hydrogen-bond acceptors (Lipinski definition) is 10. The van der Waals surface area contributed by atoms with E-state index in [1.54, 1.807) is 42.5 Å². The molecule has 4 amide bonds. The largest absolute Gasteiger partial charge is 0.507 e. The highest BCUT2D eigenvalue weighted by atomic mass is 35.5. The van der Waals surface area contributed by atoms with E-state index in [-0.39, 0.29) is 29.1 Å². The Balaban J connectivity index is 1.31. The van der Waals surface area contributed by atoms with Crippen molar-refractivity contribution in [3.05, 3.63) is 116 Å². The second-order valence-electron chi connectivity index (χ2n) is 14.2. The number of phenolic OH excluding ortho intramolecular Hbond substituents is 1. The van der Waals surface area contributed by atoms with Crippen molar-refractivity contribution in [2.45, 2.75) is 28.5 Å². The normalized spacial score (nSPS) is 27.2. The molecule has 0 spiro atoms. The predicted octanol–water partition coefficient (Wildman–Crippen LogP) is 6.33. The monoisotopic (exact) mass is 787 g/mol. The molecule has 4 aromatic rings. The fraction of sp³-hybridized carbons (Fsp3) is 0.263. The second-order valence-corrected chi connectivity index (χ2v) is 15.5. The van der Waals surface area contributed by atoms with E-state index in [4.69, 9.17) is 23.2 Å². The maximum Gasteiger partial charge on any atom is 0.301 e. The first-order valence-electron chi connectivity index (χ1n) is 17.0. The minimum atomic E-state index is -2.32. The Morgan fingerprint density at radius 2 is 1.47 bits per heavy atom. The second kappa shape index (κ2) is 12.3. The Morgan fingerprint density at radius 3 is 2.09 bits per heavy atom. The molecule has 2 saturated heterocycles. The van der Waals surface area contributed by atoms with Gasteiger partial charge in [-0.05, 0) is 48.4 Å². The number of imide groups is 2. The van der Waals surface area contributed by atoms with Gasteiger partial charge in [0.15, 0.2) is 15.4 Å². The van der Waals surface area contributed by atoms with Crippen molar-refractivity contribution in [1.29, 1.82) is 0 Å². The SMILES string of the molecule is CN(C)c1c([N+](=O)[O-])cc(N2C(=O)[C@H]3[C@H](CC=C4[C@H]3C[C@@]3(Cl)C(=O)N(c5ccc(F)cc5)C(=O)[C@@]3(Cl)[C@H]4c3ccc4ccccc4c3O)C2=O)cc1[N+](=O)[O-]. The van der Waals surface area contributed by atoms with Crippen LogP contribution in [0.1, 0.15) is 24.3 Å². The van der Waals surface area contributed by atoms with E-state index < -0.39 is 96.2 Å². The summed E-state index contributed by atoms with van der Waals surface area (Å²) in [7, 11) is 2.75. The number of aromatic hydroxyl groups is 1. The molecule has 8 rings (SSSR count). The maximum atomic E-state index is 14.7. The first-order valence-corrected chi connectivity index (χ1v) is 17.7. The number of alkyl halides is 2. The molecular weight excluding hydrogens is 760 g/mol. The molecule has 55 heavy (non-hydrogen) atoms. The Bertz CT molecular complexity index is 2440. The van der Waals surface area contributed by atoms with E-state index in [9.17, 15) is 48.9 Å². The summed E-state index contributed by atoms with van der Waals surface area (Å²) >= 11 is 14.8. The van der Waals surface area contributed by atoms with E-state index in [0.717, 1.165) is 29.2 Å². The van der Waals surface area contributed by atoms with Crippen LogP contribution in [-0.2, 0) is 19.2 Å². The molecule has 0 radical (unpaired) electrons. The van der Waals surface area contributed by atoms with Gasteiger partial charge in [0.05, 0.1) is 33.1 Å². The quantitative estimate of drug-likeness (QED) is 0.0761. The molecule has 2 heterocycles. The van der Waals surface area contributed by atoms with Crippen molar-refractivity contribution in [3.63, 3.8) is 0 Å². The average Bonchev–Trinajstić information content (AvgIpc) is 3.49. The summed E-state index contributed by atoms with van der Waals surface area (Å²) in [5, 5.41) is 37.2. The summed E-state index contributed by atoms with van der Waals surface area (Å²) in [5.74, 6) is -9.22. The summed E-state index contributed by atoms with van der Waals surface area (Å²) in [4.78, 5) is 78.6. The zero-order valence-corrected chi connectivity index (χ0v) is 30.3. The molecule has 280 valence electrons. The summed E-state index contributed by atoms with van der Waals surface area (Å²) in [6.45, 7) is 0. The average molecular weight is 789 g/mol. The van der Waals surface area contributed by atoms with Gasteiger partial charge in [0.1, 0.15) is 11.6 Å². The number of anilines is 3. The topological polar surface area (TPSA) is 185 Å². The molecule has 17 heteroatoms. The van der Waals surface area contributed by atoms with E-state index in [1.165, 1.54) is 31.1 Å². The van der Waals surface area contributed by atoms with Gasteiger partial charge in [0.2, 0.25) is 11.8 Å². The molecule has 3 fully saturated rings. The van der Waals surface area contributed by atoms with Gasteiger partial charge in [-0.15, -0.1) is 23.2 Å². The zero-order chi connectivity index (χ0) is 39.5. The minimum Gasteiger partial charge on any atom is -0.507 e.